The zero-order valence-corrected chi connectivity index (χ0v) is 17.3. The predicted molar refractivity (Wildman–Crippen MR) is 111 cm³/mol. The van der Waals surface area contributed by atoms with Crippen molar-refractivity contribution in [3.05, 3.63) is 70.9 Å². The molecule has 1 N–H and O–H groups in total. The van der Waals surface area contributed by atoms with E-state index in [-0.39, 0.29) is 24.7 Å². The number of Topliss-reactive ketones (excluding diaryl/α,β-unsaturated/α-hetero) is 1. The molecule has 3 aromatic rings. The highest BCUT2D eigenvalue weighted by molar-refractivity contribution is 5.89. The van der Waals surface area contributed by atoms with Gasteiger partial charge in [-0.2, -0.15) is 13.2 Å². The maximum absolute atomic E-state index is 13.0. The molecule has 32 heavy (non-hydrogen) atoms. The number of piperidine rings is 1. The van der Waals surface area contributed by atoms with Crippen molar-refractivity contribution in [1.29, 1.82) is 0 Å². The Hall–Kier alpha value is -3.13. The van der Waals surface area contributed by atoms with E-state index in [1.807, 2.05) is 29.2 Å². The molecule has 8 heteroatoms. The van der Waals surface area contributed by atoms with Gasteiger partial charge in [-0.25, -0.2) is 0 Å². The maximum atomic E-state index is 13.0. The largest absolute Gasteiger partial charge is 0.468 e. The molecule has 2 aliphatic rings. The molecule has 0 bridgehead atoms. The van der Waals surface area contributed by atoms with Crippen molar-refractivity contribution >= 4 is 22.7 Å². The lowest BCUT2D eigenvalue weighted by molar-refractivity contribution is -0.153. The summed E-state index contributed by atoms with van der Waals surface area (Å²) in [6.07, 6.45) is -3.69. The zero-order valence-electron chi connectivity index (χ0n) is 17.3. The van der Waals surface area contributed by atoms with Crippen LogP contribution in [0.5, 0.6) is 0 Å². The summed E-state index contributed by atoms with van der Waals surface area (Å²) in [6, 6.07) is 11.1. The van der Waals surface area contributed by atoms with Crippen LogP contribution in [0.15, 0.2) is 48.5 Å². The Morgan fingerprint density at radius 3 is 2.41 bits per heavy atom. The van der Waals surface area contributed by atoms with Gasteiger partial charge >= 0.3 is 12.1 Å². The molecule has 0 saturated carbocycles. The molecular weight excluding hydrogens is 421 g/mol. The van der Waals surface area contributed by atoms with E-state index in [0.29, 0.717) is 12.0 Å². The van der Waals surface area contributed by atoms with Crippen LogP contribution in [0.2, 0.25) is 0 Å². The van der Waals surface area contributed by atoms with E-state index in [9.17, 15) is 22.8 Å². The van der Waals surface area contributed by atoms with E-state index in [0.717, 1.165) is 34.3 Å². The third-order valence-corrected chi connectivity index (χ3v) is 6.60. The Kier molecular flexibility index (Phi) is 4.85. The quantitative estimate of drug-likeness (QED) is 0.583. The molecule has 0 radical (unpaired) electrons. The molecule has 2 aliphatic heterocycles. The van der Waals surface area contributed by atoms with E-state index >= 15 is 0 Å². The molecule has 0 spiro atoms. The van der Waals surface area contributed by atoms with Crippen molar-refractivity contribution in [3.8, 4) is 0 Å². The molecule has 5 rings (SSSR count). The van der Waals surface area contributed by atoms with Gasteiger partial charge < -0.3 is 9.72 Å². The van der Waals surface area contributed by atoms with Gasteiger partial charge in [-0.15, -0.1) is 0 Å². The average Bonchev–Trinajstić information content (AvgIpc) is 3.16. The van der Waals surface area contributed by atoms with Crippen molar-refractivity contribution in [3.63, 3.8) is 0 Å². The highest BCUT2D eigenvalue weighted by Crippen LogP contribution is 2.48. The lowest BCUT2D eigenvalue weighted by Gasteiger charge is -2.47. The highest BCUT2D eigenvalue weighted by atomic mass is 19.4. The third-order valence-electron chi connectivity index (χ3n) is 6.60. The monoisotopic (exact) mass is 442 g/mol. The molecule has 3 atom stereocenters. The SMILES string of the molecule is COC(=O)[C@@H]1Cc2c([nH]c3ccccc23)[C@H]2CC(=O)C[C@H](c3ccc(C(F)(F)F)cc3)N21. The number of aromatic amines is 1. The number of nitrogens with one attached hydrogen (secondary N) is 1. The fourth-order valence-corrected chi connectivity index (χ4v) is 5.18. The van der Waals surface area contributed by atoms with Crippen LogP contribution >= 0.6 is 0 Å². The molecule has 0 amide bonds. The number of rotatable bonds is 2. The number of para-hydroxylation sites is 1. The standard InChI is InChI=1S/C24H21F3N2O3/c1-32-23(31)21-12-17-16-4-2-3-5-18(16)28-22(17)20-11-15(30)10-19(29(20)21)13-6-8-14(9-7-13)24(25,26)27/h2-9,19-21,28H,10-12H2,1H3/t19-,20-,21+/m1/s1. The van der Waals surface area contributed by atoms with Crippen LogP contribution < -0.4 is 0 Å². The van der Waals surface area contributed by atoms with Gasteiger partial charge in [0.2, 0.25) is 0 Å². The van der Waals surface area contributed by atoms with Gasteiger partial charge in [-0.05, 0) is 29.3 Å². The van der Waals surface area contributed by atoms with Crippen LogP contribution in [-0.4, -0.2) is 34.8 Å². The predicted octanol–water partition coefficient (Wildman–Crippen LogP) is 4.73. The summed E-state index contributed by atoms with van der Waals surface area (Å²) in [7, 11) is 1.32. The molecule has 1 aromatic heterocycles. The molecular formula is C24H21F3N2O3. The third kappa shape index (κ3) is 3.30. The minimum absolute atomic E-state index is 0.00581. The number of ketones is 1. The number of carbonyl (C=O) groups is 2. The average molecular weight is 442 g/mol. The summed E-state index contributed by atoms with van der Waals surface area (Å²) in [6.45, 7) is 0. The summed E-state index contributed by atoms with van der Waals surface area (Å²) in [5.74, 6) is -0.413. The first-order chi connectivity index (χ1) is 15.3. The van der Waals surface area contributed by atoms with E-state index in [4.69, 9.17) is 4.74 Å². The number of esters is 1. The van der Waals surface area contributed by atoms with Gasteiger partial charge in [-0.3, -0.25) is 14.5 Å². The number of aromatic nitrogens is 1. The zero-order chi connectivity index (χ0) is 22.6. The van der Waals surface area contributed by atoms with Crippen LogP contribution in [0.4, 0.5) is 13.2 Å². The summed E-state index contributed by atoms with van der Waals surface area (Å²) < 4.78 is 44.2. The first-order valence-corrected chi connectivity index (χ1v) is 10.4. The Balaban J connectivity index is 1.63. The van der Waals surface area contributed by atoms with Crippen LogP contribution in [0, 0.1) is 0 Å². The molecule has 3 heterocycles. The fourth-order valence-electron chi connectivity index (χ4n) is 5.18. The smallest absolute Gasteiger partial charge is 0.416 e. The summed E-state index contributed by atoms with van der Waals surface area (Å²) in [5.41, 5.74) is 2.62. The van der Waals surface area contributed by atoms with E-state index in [2.05, 4.69) is 4.98 Å². The van der Waals surface area contributed by atoms with Crippen molar-refractivity contribution in [2.45, 2.75) is 43.6 Å². The normalized spacial score (nSPS) is 23.6. The number of nitrogens with zero attached hydrogens (tertiary/aromatic N) is 1. The van der Waals surface area contributed by atoms with Gasteiger partial charge in [0.15, 0.2) is 0 Å². The Labute approximate surface area is 182 Å². The van der Waals surface area contributed by atoms with Crippen LogP contribution in [-0.2, 0) is 26.9 Å². The van der Waals surface area contributed by atoms with Crippen LogP contribution in [0.1, 0.15) is 47.3 Å². The van der Waals surface area contributed by atoms with Crippen molar-refractivity contribution in [2.75, 3.05) is 7.11 Å². The number of hydrogen-bond donors (Lipinski definition) is 1. The van der Waals surface area contributed by atoms with E-state index < -0.39 is 29.8 Å². The number of fused-ring (bicyclic) bond motifs is 5. The van der Waals surface area contributed by atoms with Crippen molar-refractivity contribution < 1.29 is 27.5 Å². The lowest BCUT2D eigenvalue weighted by atomic mass is 9.81. The van der Waals surface area contributed by atoms with E-state index in [1.165, 1.54) is 19.2 Å². The number of ether oxygens (including phenoxy) is 1. The molecule has 2 aromatic carbocycles. The van der Waals surface area contributed by atoms with Gasteiger partial charge in [0, 0.05) is 41.9 Å². The Morgan fingerprint density at radius 1 is 1.03 bits per heavy atom. The van der Waals surface area contributed by atoms with Gasteiger partial charge in [0.05, 0.1) is 18.7 Å². The van der Waals surface area contributed by atoms with Crippen LogP contribution in [0.3, 0.4) is 0 Å². The number of hydrogen-bond acceptors (Lipinski definition) is 4. The Bertz CT molecular complexity index is 1200. The number of alkyl halides is 3. The van der Waals surface area contributed by atoms with Crippen molar-refractivity contribution in [2.24, 2.45) is 0 Å². The first-order valence-electron chi connectivity index (χ1n) is 10.4. The second-order valence-electron chi connectivity index (χ2n) is 8.35. The fraction of sp³-hybridized carbons (Fsp3) is 0.333. The lowest BCUT2D eigenvalue weighted by Crippen LogP contribution is -2.53. The first kappa shape index (κ1) is 20.8. The number of methoxy groups -OCH3 is 1. The second-order valence-corrected chi connectivity index (χ2v) is 8.35. The Morgan fingerprint density at radius 2 is 1.72 bits per heavy atom. The number of benzene rings is 2. The maximum Gasteiger partial charge on any atom is 0.416 e. The highest BCUT2D eigenvalue weighted by Gasteiger charge is 2.48. The van der Waals surface area contributed by atoms with Crippen molar-refractivity contribution in [1.82, 2.24) is 9.88 Å². The van der Waals surface area contributed by atoms with Crippen LogP contribution in [0.25, 0.3) is 10.9 Å². The number of carbonyl (C=O) groups excluding carboxylic acids is 2. The minimum Gasteiger partial charge on any atom is -0.468 e. The summed E-state index contributed by atoms with van der Waals surface area (Å²) in [4.78, 5) is 31.0. The molecule has 0 aliphatic carbocycles. The van der Waals surface area contributed by atoms with E-state index in [1.54, 1.807) is 0 Å². The summed E-state index contributed by atoms with van der Waals surface area (Å²) in [5, 5.41) is 1.00. The molecule has 166 valence electrons. The minimum atomic E-state index is -4.44. The van der Waals surface area contributed by atoms with Gasteiger partial charge in [0.1, 0.15) is 11.8 Å². The number of halogens is 3. The molecule has 5 nitrogen and oxygen atoms in total. The number of H-pyrrole nitrogens is 1. The molecule has 1 fully saturated rings. The van der Waals surface area contributed by atoms with Gasteiger partial charge in [0.25, 0.3) is 0 Å². The molecule has 0 unspecified atom stereocenters. The topological polar surface area (TPSA) is 62.4 Å². The molecule has 1 saturated heterocycles. The van der Waals surface area contributed by atoms with Gasteiger partial charge in [-0.1, -0.05) is 30.3 Å². The second kappa shape index (κ2) is 7.48. The summed E-state index contributed by atoms with van der Waals surface area (Å²) >= 11 is 0.